The molecule has 0 atom stereocenters. The van der Waals surface area contributed by atoms with Crippen LogP contribution in [0.3, 0.4) is 0 Å². The Hall–Kier alpha value is -7.56. The summed E-state index contributed by atoms with van der Waals surface area (Å²) in [5.41, 5.74) is 12.5. The van der Waals surface area contributed by atoms with E-state index in [1.165, 1.54) is 32.9 Å². The molecule has 0 bridgehead atoms. The van der Waals surface area contributed by atoms with Gasteiger partial charge < -0.3 is 18.3 Å². The summed E-state index contributed by atoms with van der Waals surface area (Å²) in [7, 11) is 0. The molecule has 0 saturated carbocycles. The van der Waals surface area contributed by atoms with Crippen molar-refractivity contribution in [3.8, 4) is 16.8 Å². The molecule has 9 aromatic carbocycles. The van der Waals surface area contributed by atoms with Crippen LogP contribution in [-0.2, 0) is 0 Å². The first-order valence-corrected chi connectivity index (χ1v) is 19.0. The van der Waals surface area contributed by atoms with Gasteiger partial charge >= 0.3 is 0 Å². The standard InChI is InChI=1S/C52H32N2O2/c1-3-13-34(14-4-1)53(36-25-28-50-45(30-36)41-19-10-12-22-49(41)55-50)37-24-27-42-46-32-44(38-17-7-8-20-43(38)52(46)56-51(42)31-37)33-23-26-40-39-18-9-11-21-47(39)54(48(40)29-33)35-15-5-2-6-16-35/h1-32H. The Morgan fingerprint density at radius 1 is 0.339 bits per heavy atom. The maximum atomic E-state index is 6.88. The van der Waals surface area contributed by atoms with Crippen molar-refractivity contribution in [2.24, 2.45) is 0 Å². The zero-order chi connectivity index (χ0) is 36.7. The first-order chi connectivity index (χ1) is 27.8. The van der Waals surface area contributed by atoms with E-state index < -0.39 is 0 Å². The van der Waals surface area contributed by atoms with Crippen LogP contribution in [-0.4, -0.2) is 4.57 Å². The molecule has 56 heavy (non-hydrogen) atoms. The van der Waals surface area contributed by atoms with E-state index in [0.717, 1.165) is 77.4 Å². The number of para-hydroxylation sites is 4. The van der Waals surface area contributed by atoms with E-state index >= 15 is 0 Å². The Morgan fingerprint density at radius 3 is 1.82 bits per heavy atom. The monoisotopic (exact) mass is 716 g/mol. The molecular weight excluding hydrogens is 685 g/mol. The second-order valence-electron chi connectivity index (χ2n) is 14.5. The summed E-state index contributed by atoms with van der Waals surface area (Å²) >= 11 is 0. The second kappa shape index (κ2) is 12.0. The number of furan rings is 2. The van der Waals surface area contributed by atoms with Crippen LogP contribution in [0.15, 0.2) is 203 Å². The molecule has 262 valence electrons. The number of benzene rings is 9. The van der Waals surface area contributed by atoms with Gasteiger partial charge in [-0.3, -0.25) is 0 Å². The first-order valence-electron chi connectivity index (χ1n) is 19.0. The molecule has 0 N–H and O–H groups in total. The van der Waals surface area contributed by atoms with Crippen molar-refractivity contribution in [1.82, 2.24) is 4.57 Å². The summed E-state index contributed by atoms with van der Waals surface area (Å²) in [6.07, 6.45) is 0. The first kappa shape index (κ1) is 30.9. The topological polar surface area (TPSA) is 34.5 Å². The van der Waals surface area contributed by atoms with Crippen molar-refractivity contribution in [2.75, 3.05) is 4.90 Å². The lowest BCUT2D eigenvalue weighted by Crippen LogP contribution is -2.09. The number of aromatic nitrogens is 1. The van der Waals surface area contributed by atoms with E-state index in [1.807, 2.05) is 12.1 Å². The van der Waals surface area contributed by atoms with Crippen LogP contribution < -0.4 is 4.90 Å². The molecule has 12 rings (SSSR count). The van der Waals surface area contributed by atoms with E-state index in [1.54, 1.807) is 0 Å². The van der Waals surface area contributed by atoms with Crippen molar-refractivity contribution in [3.05, 3.63) is 194 Å². The molecule has 0 unspecified atom stereocenters. The maximum absolute atomic E-state index is 6.88. The summed E-state index contributed by atoms with van der Waals surface area (Å²) in [6, 6.07) is 69.0. The Kier molecular flexibility index (Phi) is 6.60. The third kappa shape index (κ3) is 4.60. The second-order valence-corrected chi connectivity index (χ2v) is 14.5. The van der Waals surface area contributed by atoms with Gasteiger partial charge in [-0.15, -0.1) is 0 Å². The van der Waals surface area contributed by atoms with E-state index in [9.17, 15) is 0 Å². The van der Waals surface area contributed by atoms with Crippen LogP contribution in [0.2, 0.25) is 0 Å². The molecule has 4 nitrogen and oxygen atoms in total. The highest BCUT2D eigenvalue weighted by Gasteiger charge is 2.20. The Labute approximate surface area is 321 Å². The fraction of sp³-hybridized carbons (Fsp3) is 0. The number of hydrogen-bond donors (Lipinski definition) is 0. The van der Waals surface area contributed by atoms with Gasteiger partial charge in [0, 0.05) is 66.5 Å². The van der Waals surface area contributed by atoms with Gasteiger partial charge in [0.25, 0.3) is 0 Å². The zero-order valence-corrected chi connectivity index (χ0v) is 30.2. The Balaban J connectivity index is 1.05. The predicted octanol–water partition coefficient (Wildman–Crippen LogP) is 14.9. The SMILES string of the molecule is c1ccc(N(c2ccc3c(c2)oc2c4ccccc4c(-c4ccc5c6ccccc6n(-c6ccccc6)c5c4)cc32)c2ccc3oc4ccccc4c3c2)cc1. The lowest BCUT2D eigenvalue weighted by molar-refractivity contribution is 0.669. The van der Waals surface area contributed by atoms with Crippen LogP contribution in [0.4, 0.5) is 17.1 Å². The maximum Gasteiger partial charge on any atom is 0.143 e. The number of fused-ring (bicyclic) bond motifs is 11. The molecule has 0 spiro atoms. The average molecular weight is 717 g/mol. The number of rotatable bonds is 5. The quantitative estimate of drug-likeness (QED) is 0.178. The van der Waals surface area contributed by atoms with Gasteiger partial charge in [0.05, 0.1) is 11.0 Å². The fourth-order valence-corrected chi connectivity index (χ4v) is 8.84. The summed E-state index contributed by atoms with van der Waals surface area (Å²) in [6.45, 7) is 0. The van der Waals surface area contributed by atoms with Gasteiger partial charge in [-0.2, -0.15) is 0 Å². The van der Waals surface area contributed by atoms with Crippen LogP contribution in [0.5, 0.6) is 0 Å². The largest absolute Gasteiger partial charge is 0.456 e. The normalized spacial score (nSPS) is 11.9. The lowest BCUT2D eigenvalue weighted by Gasteiger charge is -2.25. The fourth-order valence-electron chi connectivity index (χ4n) is 8.84. The van der Waals surface area contributed by atoms with Crippen LogP contribution in [0, 0.1) is 0 Å². The average Bonchev–Trinajstić information content (AvgIpc) is 3.93. The number of hydrogen-bond acceptors (Lipinski definition) is 3. The van der Waals surface area contributed by atoms with Crippen LogP contribution in [0.1, 0.15) is 0 Å². The van der Waals surface area contributed by atoms with Gasteiger partial charge in [-0.1, -0.05) is 109 Å². The molecule has 3 aromatic heterocycles. The molecule has 0 aliphatic rings. The molecule has 0 fully saturated rings. The highest BCUT2D eigenvalue weighted by molar-refractivity contribution is 6.20. The third-order valence-corrected chi connectivity index (χ3v) is 11.4. The van der Waals surface area contributed by atoms with Crippen molar-refractivity contribution in [1.29, 1.82) is 0 Å². The van der Waals surface area contributed by atoms with Crippen molar-refractivity contribution in [2.45, 2.75) is 0 Å². The Morgan fingerprint density at radius 2 is 0.964 bits per heavy atom. The molecular formula is C52H32N2O2. The summed E-state index contributed by atoms with van der Waals surface area (Å²) in [5.74, 6) is 0. The van der Waals surface area contributed by atoms with E-state index in [4.69, 9.17) is 8.83 Å². The summed E-state index contributed by atoms with van der Waals surface area (Å²) in [5, 5.41) is 9.12. The number of nitrogens with zero attached hydrogens (tertiary/aromatic N) is 2. The van der Waals surface area contributed by atoms with Crippen molar-refractivity contribution < 1.29 is 8.83 Å². The minimum absolute atomic E-state index is 0.843. The highest BCUT2D eigenvalue weighted by Crippen LogP contribution is 2.44. The molecule has 12 aromatic rings. The summed E-state index contributed by atoms with van der Waals surface area (Å²) < 4.78 is 15.5. The smallest absolute Gasteiger partial charge is 0.143 e. The number of anilines is 3. The van der Waals surface area contributed by atoms with Crippen LogP contribution >= 0.6 is 0 Å². The molecule has 0 aliphatic carbocycles. The van der Waals surface area contributed by atoms with Crippen molar-refractivity contribution >= 4 is 93.5 Å². The van der Waals surface area contributed by atoms with E-state index in [2.05, 4.69) is 191 Å². The molecule has 4 heteroatoms. The van der Waals surface area contributed by atoms with Gasteiger partial charge in [0.2, 0.25) is 0 Å². The minimum Gasteiger partial charge on any atom is -0.456 e. The highest BCUT2D eigenvalue weighted by atomic mass is 16.3. The third-order valence-electron chi connectivity index (χ3n) is 11.4. The summed E-state index contributed by atoms with van der Waals surface area (Å²) in [4.78, 5) is 2.29. The zero-order valence-electron chi connectivity index (χ0n) is 30.2. The van der Waals surface area contributed by atoms with Crippen molar-refractivity contribution in [3.63, 3.8) is 0 Å². The van der Waals surface area contributed by atoms with E-state index in [-0.39, 0.29) is 0 Å². The molecule has 0 saturated heterocycles. The predicted molar refractivity (Wildman–Crippen MR) is 233 cm³/mol. The van der Waals surface area contributed by atoms with Gasteiger partial charge in [0.15, 0.2) is 0 Å². The minimum atomic E-state index is 0.843. The van der Waals surface area contributed by atoms with E-state index in [0.29, 0.717) is 0 Å². The Bertz CT molecular complexity index is 3480. The molecule has 3 heterocycles. The lowest BCUT2D eigenvalue weighted by atomic mass is 9.94. The van der Waals surface area contributed by atoms with Gasteiger partial charge in [-0.25, -0.2) is 0 Å². The molecule has 0 amide bonds. The molecule has 0 aliphatic heterocycles. The van der Waals surface area contributed by atoms with Gasteiger partial charge in [-0.05, 0) is 95.4 Å². The van der Waals surface area contributed by atoms with Crippen LogP contribution in [0.25, 0.3) is 93.3 Å². The van der Waals surface area contributed by atoms with Gasteiger partial charge in [0.1, 0.15) is 22.3 Å². The molecule has 0 radical (unpaired) electrons.